The summed E-state index contributed by atoms with van der Waals surface area (Å²) in [6.45, 7) is 6.05. The Balaban J connectivity index is 1.51. The quantitative estimate of drug-likeness (QED) is 0.179. The summed E-state index contributed by atoms with van der Waals surface area (Å²) in [6, 6.07) is 16.2. The minimum Gasteiger partial charge on any atom is -0.479 e. The van der Waals surface area contributed by atoms with Crippen molar-refractivity contribution in [1.82, 2.24) is 9.97 Å². The van der Waals surface area contributed by atoms with E-state index in [1.54, 1.807) is 13.8 Å². The summed E-state index contributed by atoms with van der Waals surface area (Å²) in [5.41, 5.74) is 4.40. The third-order valence-corrected chi connectivity index (χ3v) is 6.05. The van der Waals surface area contributed by atoms with Crippen LogP contribution < -0.4 is 4.74 Å². The monoisotopic (exact) mass is 474 g/mol. The lowest BCUT2D eigenvalue weighted by atomic mass is 10.0. The van der Waals surface area contributed by atoms with Crippen molar-refractivity contribution in [3.05, 3.63) is 66.5 Å². The predicted molar refractivity (Wildman–Crippen MR) is 141 cm³/mol. The summed E-state index contributed by atoms with van der Waals surface area (Å²) in [7, 11) is 0. The van der Waals surface area contributed by atoms with E-state index in [0.29, 0.717) is 18.2 Å². The fraction of sp³-hybridized carbons (Fsp3) is 0.433. The smallest absolute Gasteiger partial charge is 0.347 e. The van der Waals surface area contributed by atoms with Gasteiger partial charge in [-0.2, -0.15) is 0 Å². The van der Waals surface area contributed by atoms with Crippen LogP contribution in [0.15, 0.2) is 60.9 Å². The number of carbonyl (C=O) groups is 1. The molecule has 0 aliphatic rings. The molecule has 0 N–H and O–H groups in total. The van der Waals surface area contributed by atoms with Crippen LogP contribution in [0.3, 0.4) is 0 Å². The molecule has 0 saturated carbocycles. The molecular formula is C30H38N2O3. The summed E-state index contributed by atoms with van der Waals surface area (Å²) in [6.07, 6.45) is 13.6. The number of unbranched alkanes of at least 4 members (excludes halogenated alkanes) is 6. The van der Waals surface area contributed by atoms with Crippen LogP contribution in [0.1, 0.15) is 71.3 Å². The van der Waals surface area contributed by atoms with Crippen molar-refractivity contribution in [1.29, 1.82) is 0 Å². The van der Waals surface area contributed by atoms with E-state index in [2.05, 4.69) is 41.2 Å². The SMILES string of the molecule is CCCCCCCCCc1ccc(-c2cnc(-c3ccc(OC(C)C(=O)OCC)cc3)nc2)cc1. The van der Waals surface area contributed by atoms with E-state index in [1.165, 1.54) is 50.5 Å². The summed E-state index contributed by atoms with van der Waals surface area (Å²) in [5.74, 6) is 0.873. The molecular weight excluding hydrogens is 436 g/mol. The van der Waals surface area contributed by atoms with E-state index >= 15 is 0 Å². The summed E-state index contributed by atoms with van der Waals surface area (Å²) in [5, 5.41) is 0. The first kappa shape index (κ1) is 26.4. The number of hydrogen-bond acceptors (Lipinski definition) is 5. The van der Waals surface area contributed by atoms with Crippen LogP contribution in [0.4, 0.5) is 0 Å². The first-order chi connectivity index (χ1) is 17.1. The van der Waals surface area contributed by atoms with Crippen LogP contribution in [0, 0.1) is 0 Å². The molecule has 5 heteroatoms. The van der Waals surface area contributed by atoms with Crippen molar-refractivity contribution >= 4 is 5.97 Å². The van der Waals surface area contributed by atoms with Crippen molar-refractivity contribution < 1.29 is 14.3 Å². The van der Waals surface area contributed by atoms with E-state index in [9.17, 15) is 4.79 Å². The number of benzene rings is 2. The first-order valence-electron chi connectivity index (χ1n) is 13.0. The molecule has 1 heterocycles. The third kappa shape index (κ3) is 8.50. The number of aryl methyl sites for hydroxylation is 1. The van der Waals surface area contributed by atoms with Gasteiger partial charge >= 0.3 is 5.97 Å². The molecule has 0 amide bonds. The Kier molecular flexibility index (Phi) is 10.7. The van der Waals surface area contributed by atoms with Gasteiger partial charge in [0.25, 0.3) is 0 Å². The number of ether oxygens (including phenoxy) is 2. The average Bonchev–Trinajstić information content (AvgIpc) is 2.89. The van der Waals surface area contributed by atoms with Crippen LogP contribution in [-0.4, -0.2) is 28.6 Å². The van der Waals surface area contributed by atoms with E-state index in [1.807, 2.05) is 36.7 Å². The molecule has 35 heavy (non-hydrogen) atoms. The van der Waals surface area contributed by atoms with E-state index in [0.717, 1.165) is 23.1 Å². The number of rotatable bonds is 14. The second kappa shape index (κ2) is 14.2. The fourth-order valence-corrected chi connectivity index (χ4v) is 3.97. The highest BCUT2D eigenvalue weighted by molar-refractivity contribution is 5.74. The van der Waals surface area contributed by atoms with Crippen LogP contribution in [0.25, 0.3) is 22.5 Å². The maximum atomic E-state index is 11.7. The molecule has 186 valence electrons. The summed E-state index contributed by atoms with van der Waals surface area (Å²) in [4.78, 5) is 20.8. The predicted octanol–water partition coefficient (Wildman–Crippen LogP) is 7.43. The maximum absolute atomic E-state index is 11.7. The van der Waals surface area contributed by atoms with Gasteiger partial charge < -0.3 is 9.47 Å². The van der Waals surface area contributed by atoms with Gasteiger partial charge in [0.05, 0.1) is 6.61 Å². The van der Waals surface area contributed by atoms with Crippen LogP contribution >= 0.6 is 0 Å². The Bertz CT molecular complexity index is 1010. The van der Waals surface area contributed by atoms with Crippen LogP contribution in [0.2, 0.25) is 0 Å². The number of aromatic nitrogens is 2. The Labute approximate surface area is 209 Å². The average molecular weight is 475 g/mol. The van der Waals surface area contributed by atoms with Gasteiger partial charge in [0.1, 0.15) is 5.75 Å². The molecule has 0 bridgehead atoms. The molecule has 0 aliphatic heterocycles. The molecule has 0 fully saturated rings. The van der Waals surface area contributed by atoms with Gasteiger partial charge in [-0.3, -0.25) is 0 Å². The van der Waals surface area contributed by atoms with Crippen molar-refractivity contribution in [3.63, 3.8) is 0 Å². The lowest BCUT2D eigenvalue weighted by molar-refractivity contribution is -0.150. The minimum atomic E-state index is -0.654. The molecule has 0 spiro atoms. The second-order valence-corrected chi connectivity index (χ2v) is 8.90. The highest BCUT2D eigenvalue weighted by Crippen LogP contribution is 2.23. The Morgan fingerprint density at radius 3 is 2.00 bits per heavy atom. The molecule has 1 aromatic heterocycles. The van der Waals surface area contributed by atoms with E-state index in [4.69, 9.17) is 9.47 Å². The van der Waals surface area contributed by atoms with E-state index in [-0.39, 0.29) is 5.97 Å². The lowest BCUT2D eigenvalue weighted by Crippen LogP contribution is -2.25. The van der Waals surface area contributed by atoms with Gasteiger partial charge in [-0.1, -0.05) is 69.7 Å². The van der Waals surface area contributed by atoms with Gasteiger partial charge in [-0.15, -0.1) is 0 Å². The van der Waals surface area contributed by atoms with Gasteiger partial charge in [0.15, 0.2) is 11.9 Å². The summed E-state index contributed by atoms with van der Waals surface area (Å²) >= 11 is 0. The molecule has 2 aromatic carbocycles. The standard InChI is InChI=1S/C30H38N2O3/c1-4-6-7-8-9-10-11-12-24-13-15-25(16-14-24)27-21-31-29(32-22-27)26-17-19-28(20-18-26)35-23(3)30(33)34-5-2/h13-23H,4-12H2,1-3H3. The van der Waals surface area contributed by atoms with Crippen molar-refractivity contribution in [2.75, 3.05) is 6.61 Å². The molecule has 1 atom stereocenters. The van der Waals surface area contributed by atoms with Gasteiger partial charge in [0.2, 0.25) is 0 Å². The minimum absolute atomic E-state index is 0.336. The zero-order valence-electron chi connectivity index (χ0n) is 21.3. The number of carbonyl (C=O) groups excluding carboxylic acids is 1. The third-order valence-electron chi connectivity index (χ3n) is 6.05. The number of nitrogens with zero attached hydrogens (tertiary/aromatic N) is 2. The molecule has 3 rings (SSSR count). The molecule has 5 nitrogen and oxygen atoms in total. The van der Waals surface area contributed by atoms with E-state index < -0.39 is 6.10 Å². The Morgan fingerprint density at radius 2 is 1.37 bits per heavy atom. The Morgan fingerprint density at radius 1 is 0.771 bits per heavy atom. The second-order valence-electron chi connectivity index (χ2n) is 8.90. The highest BCUT2D eigenvalue weighted by atomic mass is 16.6. The molecule has 3 aromatic rings. The first-order valence-corrected chi connectivity index (χ1v) is 13.0. The van der Waals surface area contributed by atoms with Gasteiger partial charge in [0, 0.05) is 23.5 Å². The molecule has 0 radical (unpaired) electrons. The Hall–Kier alpha value is -3.21. The van der Waals surface area contributed by atoms with Gasteiger partial charge in [-0.25, -0.2) is 14.8 Å². The van der Waals surface area contributed by atoms with Crippen molar-refractivity contribution in [2.45, 2.75) is 78.2 Å². The molecule has 0 saturated heterocycles. The van der Waals surface area contributed by atoms with Gasteiger partial charge in [-0.05, 0) is 62.1 Å². The zero-order valence-corrected chi connectivity index (χ0v) is 21.3. The normalized spacial score (nSPS) is 11.7. The molecule has 0 aliphatic carbocycles. The number of esters is 1. The zero-order chi connectivity index (χ0) is 24.9. The van der Waals surface area contributed by atoms with Crippen molar-refractivity contribution in [3.8, 4) is 28.3 Å². The van der Waals surface area contributed by atoms with Crippen LogP contribution in [-0.2, 0) is 16.0 Å². The summed E-state index contributed by atoms with van der Waals surface area (Å²) < 4.78 is 10.6. The van der Waals surface area contributed by atoms with Crippen molar-refractivity contribution in [2.24, 2.45) is 0 Å². The lowest BCUT2D eigenvalue weighted by Gasteiger charge is -2.13. The largest absolute Gasteiger partial charge is 0.479 e. The maximum Gasteiger partial charge on any atom is 0.347 e. The topological polar surface area (TPSA) is 61.3 Å². The number of hydrogen-bond donors (Lipinski definition) is 0. The fourth-order valence-electron chi connectivity index (χ4n) is 3.97. The highest BCUT2D eigenvalue weighted by Gasteiger charge is 2.15. The molecule has 1 unspecified atom stereocenters. The van der Waals surface area contributed by atoms with Crippen LogP contribution in [0.5, 0.6) is 5.75 Å².